The van der Waals surface area contributed by atoms with Crippen LogP contribution >= 0.6 is 0 Å². The lowest BCUT2D eigenvalue weighted by molar-refractivity contribution is 0.133. The third-order valence-electron chi connectivity index (χ3n) is 3.03. The van der Waals surface area contributed by atoms with E-state index in [2.05, 4.69) is 5.32 Å². The van der Waals surface area contributed by atoms with Crippen LogP contribution < -0.4 is 5.32 Å². The summed E-state index contributed by atoms with van der Waals surface area (Å²) in [5, 5.41) is 13.0. The molecule has 2 N–H and O–H groups in total. The van der Waals surface area contributed by atoms with Crippen molar-refractivity contribution in [2.24, 2.45) is 0 Å². The van der Waals surface area contributed by atoms with Crippen molar-refractivity contribution in [3.05, 3.63) is 0 Å². The van der Waals surface area contributed by atoms with Crippen molar-refractivity contribution in [1.29, 1.82) is 0 Å². The van der Waals surface area contributed by atoms with Crippen LogP contribution in [0.5, 0.6) is 0 Å². The summed E-state index contributed by atoms with van der Waals surface area (Å²) >= 11 is 0. The fourth-order valence-electron chi connectivity index (χ4n) is 2.01. The van der Waals surface area contributed by atoms with Crippen molar-refractivity contribution in [2.75, 3.05) is 0 Å². The van der Waals surface area contributed by atoms with E-state index in [4.69, 9.17) is 0 Å². The quantitative estimate of drug-likeness (QED) is 0.624. The summed E-state index contributed by atoms with van der Waals surface area (Å²) in [6, 6.07) is 1.15. The summed E-state index contributed by atoms with van der Waals surface area (Å²) < 4.78 is 0. The van der Waals surface area contributed by atoms with Gasteiger partial charge in [-0.3, -0.25) is 0 Å². The zero-order valence-corrected chi connectivity index (χ0v) is 6.92. The summed E-state index contributed by atoms with van der Waals surface area (Å²) in [4.78, 5) is 0. The van der Waals surface area contributed by atoms with Crippen LogP contribution in [-0.2, 0) is 0 Å². The molecule has 2 aliphatic carbocycles. The molecule has 0 radical (unpaired) electrons. The largest absolute Gasteiger partial charge is 0.392 e. The van der Waals surface area contributed by atoms with Gasteiger partial charge in [0.1, 0.15) is 0 Å². The van der Waals surface area contributed by atoms with Gasteiger partial charge >= 0.3 is 0 Å². The van der Waals surface area contributed by atoms with Crippen molar-refractivity contribution in [3.8, 4) is 0 Å². The molecule has 0 aromatic heterocycles. The third-order valence-corrected chi connectivity index (χ3v) is 3.03. The van der Waals surface area contributed by atoms with Gasteiger partial charge in [-0.25, -0.2) is 0 Å². The lowest BCUT2D eigenvalue weighted by Gasteiger charge is -2.31. The maximum absolute atomic E-state index is 9.49. The van der Waals surface area contributed by atoms with Gasteiger partial charge in [-0.15, -0.1) is 0 Å². The Morgan fingerprint density at radius 2 is 1.73 bits per heavy atom. The number of nitrogens with one attached hydrogen (secondary N) is 1. The second kappa shape index (κ2) is 3.11. The SMILES string of the molecule is O[C@@H]1CCC[C@@H]1NC1CCC1. The van der Waals surface area contributed by atoms with Gasteiger partial charge in [0.2, 0.25) is 0 Å². The van der Waals surface area contributed by atoms with Crippen LogP contribution in [0.4, 0.5) is 0 Å². The highest BCUT2D eigenvalue weighted by Crippen LogP contribution is 2.24. The first-order valence-electron chi connectivity index (χ1n) is 4.80. The van der Waals surface area contributed by atoms with Crippen molar-refractivity contribution < 1.29 is 5.11 Å². The number of aliphatic hydroxyl groups is 1. The molecule has 2 fully saturated rings. The minimum Gasteiger partial charge on any atom is -0.392 e. The Kier molecular flexibility index (Phi) is 2.14. The molecule has 2 rings (SSSR count). The number of hydrogen-bond acceptors (Lipinski definition) is 2. The summed E-state index contributed by atoms with van der Waals surface area (Å²) in [6.07, 6.45) is 7.34. The topological polar surface area (TPSA) is 32.3 Å². The Morgan fingerprint density at radius 3 is 2.18 bits per heavy atom. The Bertz CT molecular complexity index is 134. The summed E-state index contributed by atoms with van der Waals surface area (Å²) in [5.41, 5.74) is 0. The summed E-state index contributed by atoms with van der Waals surface area (Å²) in [7, 11) is 0. The van der Waals surface area contributed by atoms with Crippen LogP contribution in [0.3, 0.4) is 0 Å². The van der Waals surface area contributed by atoms with E-state index < -0.39 is 0 Å². The first-order valence-corrected chi connectivity index (χ1v) is 4.80. The first kappa shape index (κ1) is 7.56. The molecule has 2 atom stereocenters. The van der Waals surface area contributed by atoms with Gasteiger partial charge in [0.05, 0.1) is 6.10 Å². The normalized spacial score (nSPS) is 39.0. The predicted octanol–water partition coefficient (Wildman–Crippen LogP) is 1.04. The zero-order valence-electron chi connectivity index (χ0n) is 6.92. The van der Waals surface area contributed by atoms with Gasteiger partial charge in [0, 0.05) is 12.1 Å². The van der Waals surface area contributed by atoms with E-state index in [1.54, 1.807) is 0 Å². The molecule has 0 aromatic carbocycles. The predicted molar refractivity (Wildman–Crippen MR) is 44.4 cm³/mol. The Hall–Kier alpha value is -0.0800. The highest BCUT2D eigenvalue weighted by molar-refractivity contribution is 4.88. The molecule has 2 saturated carbocycles. The maximum atomic E-state index is 9.49. The average molecular weight is 155 g/mol. The summed E-state index contributed by atoms with van der Waals surface area (Å²) in [6.45, 7) is 0. The van der Waals surface area contributed by atoms with Crippen molar-refractivity contribution in [3.63, 3.8) is 0 Å². The fraction of sp³-hybridized carbons (Fsp3) is 1.00. The Morgan fingerprint density at radius 1 is 1.00 bits per heavy atom. The third kappa shape index (κ3) is 1.57. The molecule has 2 aliphatic rings. The Labute approximate surface area is 68.0 Å². The number of hydrogen-bond donors (Lipinski definition) is 2. The number of aliphatic hydroxyl groups excluding tert-OH is 1. The van der Waals surface area contributed by atoms with E-state index in [9.17, 15) is 5.11 Å². The van der Waals surface area contributed by atoms with Crippen LogP contribution in [0.1, 0.15) is 38.5 Å². The van der Waals surface area contributed by atoms with Crippen molar-refractivity contribution >= 4 is 0 Å². The van der Waals surface area contributed by atoms with Crippen LogP contribution in [-0.4, -0.2) is 23.3 Å². The van der Waals surface area contributed by atoms with E-state index in [1.165, 1.54) is 32.1 Å². The highest BCUT2D eigenvalue weighted by atomic mass is 16.3. The molecular weight excluding hydrogens is 138 g/mol. The molecule has 0 bridgehead atoms. The molecule has 0 spiro atoms. The van der Waals surface area contributed by atoms with Crippen LogP contribution in [0, 0.1) is 0 Å². The molecule has 11 heavy (non-hydrogen) atoms. The first-order chi connectivity index (χ1) is 5.36. The smallest absolute Gasteiger partial charge is 0.0693 e. The molecule has 2 nitrogen and oxygen atoms in total. The van der Waals surface area contributed by atoms with Gasteiger partial charge in [-0.2, -0.15) is 0 Å². The van der Waals surface area contributed by atoms with E-state index in [1.807, 2.05) is 0 Å². The fourth-order valence-corrected chi connectivity index (χ4v) is 2.01. The van der Waals surface area contributed by atoms with Crippen LogP contribution in [0.25, 0.3) is 0 Å². The lowest BCUT2D eigenvalue weighted by atomic mass is 9.92. The minimum absolute atomic E-state index is 0.0596. The molecule has 0 saturated heterocycles. The highest BCUT2D eigenvalue weighted by Gasteiger charge is 2.28. The van der Waals surface area contributed by atoms with E-state index in [-0.39, 0.29) is 6.10 Å². The summed E-state index contributed by atoms with van der Waals surface area (Å²) in [5.74, 6) is 0. The van der Waals surface area contributed by atoms with E-state index >= 15 is 0 Å². The van der Waals surface area contributed by atoms with Gasteiger partial charge in [-0.05, 0) is 32.1 Å². The van der Waals surface area contributed by atoms with Crippen molar-refractivity contribution in [1.82, 2.24) is 5.32 Å². The second-order valence-corrected chi connectivity index (χ2v) is 3.90. The maximum Gasteiger partial charge on any atom is 0.0693 e. The number of rotatable bonds is 2. The molecule has 0 aromatic rings. The van der Waals surface area contributed by atoms with Crippen LogP contribution in [0.2, 0.25) is 0 Å². The molecule has 2 heteroatoms. The second-order valence-electron chi connectivity index (χ2n) is 3.90. The minimum atomic E-state index is -0.0596. The zero-order chi connectivity index (χ0) is 7.68. The lowest BCUT2D eigenvalue weighted by Crippen LogP contribution is -2.45. The molecule has 0 unspecified atom stereocenters. The molecule has 64 valence electrons. The average Bonchev–Trinajstić information content (AvgIpc) is 2.27. The van der Waals surface area contributed by atoms with Crippen LogP contribution in [0.15, 0.2) is 0 Å². The molecule has 0 amide bonds. The van der Waals surface area contributed by atoms with E-state index in [0.29, 0.717) is 6.04 Å². The van der Waals surface area contributed by atoms with E-state index in [0.717, 1.165) is 12.5 Å². The molecule has 0 aliphatic heterocycles. The van der Waals surface area contributed by atoms with Gasteiger partial charge in [-0.1, -0.05) is 6.42 Å². The standard InChI is InChI=1S/C9H17NO/c11-9-6-2-5-8(9)10-7-3-1-4-7/h7-11H,1-6H2/t8-,9+/m0/s1. The molecule has 0 heterocycles. The monoisotopic (exact) mass is 155 g/mol. The van der Waals surface area contributed by atoms with Gasteiger partial charge in [0.15, 0.2) is 0 Å². The molecular formula is C9H17NO. The van der Waals surface area contributed by atoms with Crippen molar-refractivity contribution in [2.45, 2.75) is 56.7 Å². The van der Waals surface area contributed by atoms with Gasteiger partial charge in [0.25, 0.3) is 0 Å². The van der Waals surface area contributed by atoms with Gasteiger partial charge < -0.3 is 10.4 Å². The Balaban J connectivity index is 1.75.